The average molecular weight is 1310 g/mol. The average Bonchev–Trinajstić information content (AvgIpc) is 3.62. The number of hydrogen-bond donors (Lipinski definition) is 17. The number of primary amides is 1. The zero-order chi connectivity index (χ0) is 66.0. The van der Waals surface area contributed by atoms with Gasteiger partial charge < -0.3 is 93.2 Å². The van der Waals surface area contributed by atoms with Crippen LogP contribution in [0.1, 0.15) is 42.4 Å². The maximum absolute atomic E-state index is 14.4. The topological polar surface area (TPSA) is 517 Å². The van der Waals surface area contributed by atoms with Gasteiger partial charge in [-0.2, -0.15) is 31.9 Å². The first-order chi connectivity index (χ1) is 42.2. The summed E-state index contributed by atoms with van der Waals surface area (Å²) < 4.78 is 41.2. The molecule has 8 amide bonds. The summed E-state index contributed by atoms with van der Waals surface area (Å²) in [5, 5.41) is 76.7. The summed E-state index contributed by atoms with van der Waals surface area (Å²) in [5.41, 5.74) is 13.6. The number of nitrogens with one attached hydrogen (secondary N) is 8. The normalized spacial score (nSPS) is 15.1. The third-order valence-electron chi connectivity index (χ3n) is 13.3. The van der Waals surface area contributed by atoms with Gasteiger partial charge >= 0.3 is 22.3 Å². The molecule has 1 heterocycles. The molecule has 0 aliphatic heterocycles. The Morgan fingerprint density at radius 2 is 1.11 bits per heavy atom. The molecule has 4 aromatic rings. The van der Waals surface area contributed by atoms with E-state index >= 15 is 0 Å². The predicted molar refractivity (Wildman–Crippen MR) is 321 cm³/mol. The Morgan fingerprint density at radius 1 is 0.607 bits per heavy atom. The van der Waals surface area contributed by atoms with E-state index in [1.54, 1.807) is 73.3 Å². The third-order valence-corrected chi connectivity index (χ3v) is 15.0. The number of aliphatic hydroxyl groups excluding tert-OH is 5. The number of carboxylic acids is 1. The van der Waals surface area contributed by atoms with Gasteiger partial charge in [-0.05, 0) is 71.7 Å². The molecule has 0 unspecified atom stereocenters. The number of aliphatic carboxylic acids is 1. The van der Waals surface area contributed by atoms with E-state index in [0.717, 1.165) is 12.1 Å². The van der Waals surface area contributed by atoms with E-state index < -0.39 is 175 Å². The van der Waals surface area contributed by atoms with E-state index in [9.17, 15) is 87.0 Å². The van der Waals surface area contributed by atoms with Crippen LogP contribution in [-0.2, 0) is 82.3 Å². The molecule has 31 nitrogen and oxygen atoms in total. The molecule has 0 bridgehead atoms. The molecule has 11 atom stereocenters. The van der Waals surface area contributed by atoms with Crippen molar-refractivity contribution in [2.75, 3.05) is 43.8 Å². The second kappa shape index (κ2) is 36.5. The minimum absolute atomic E-state index is 0.0604. The summed E-state index contributed by atoms with van der Waals surface area (Å²) in [6.07, 6.45) is -5.86. The second-order valence-corrected chi connectivity index (χ2v) is 23.1. The molecule has 89 heavy (non-hydrogen) atoms. The molecule has 0 radical (unpaired) electrons. The molecule has 0 saturated heterocycles. The van der Waals surface area contributed by atoms with Crippen molar-refractivity contribution in [2.24, 2.45) is 11.5 Å². The van der Waals surface area contributed by atoms with Crippen molar-refractivity contribution in [1.82, 2.24) is 42.2 Å². The molecule has 0 aliphatic carbocycles. The fourth-order valence-electron chi connectivity index (χ4n) is 8.63. The Hall–Kier alpha value is -7.93. The number of carboxylic acid groups (broad SMARTS) is 1. The van der Waals surface area contributed by atoms with Gasteiger partial charge in [-0.1, -0.05) is 60.7 Å². The van der Waals surface area contributed by atoms with Crippen LogP contribution in [0.3, 0.4) is 0 Å². The van der Waals surface area contributed by atoms with Crippen LogP contribution in [0.25, 0.3) is 10.9 Å². The first-order valence-electron chi connectivity index (χ1n) is 27.3. The minimum Gasteiger partial charge on any atom is -0.481 e. The Labute approximate surface area is 518 Å². The van der Waals surface area contributed by atoms with Gasteiger partial charge in [0.1, 0.15) is 60.3 Å². The van der Waals surface area contributed by atoms with E-state index in [1.165, 1.54) is 35.7 Å². The van der Waals surface area contributed by atoms with Gasteiger partial charge in [0.2, 0.25) is 47.3 Å². The summed E-state index contributed by atoms with van der Waals surface area (Å²) >= 11 is 2.54. The van der Waals surface area contributed by atoms with E-state index in [2.05, 4.69) is 46.4 Å². The monoisotopic (exact) mass is 1310 g/mol. The summed E-state index contributed by atoms with van der Waals surface area (Å²) in [5.74, 6) is -10.8. The van der Waals surface area contributed by atoms with Gasteiger partial charge in [0.25, 0.3) is 0 Å². The Morgan fingerprint density at radius 3 is 1.69 bits per heavy atom. The van der Waals surface area contributed by atoms with E-state index in [1.807, 2.05) is 0 Å². The number of aromatic nitrogens is 1. The third kappa shape index (κ3) is 24.9. The molecule has 3 aromatic carbocycles. The number of thioether (sulfide) groups is 2. The number of rotatable bonds is 39. The fourth-order valence-corrected chi connectivity index (χ4v) is 9.92. The molecular formula is C55H74N10O21S3. The molecule has 19 N–H and O–H groups in total. The van der Waals surface area contributed by atoms with E-state index in [4.69, 9.17) is 20.8 Å². The number of ether oxygens (including phenoxy) is 1. The fraction of sp³-hybridized carbons (Fsp3) is 0.455. The van der Waals surface area contributed by atoms with Crippen LogP contribution in [0.2, 0.25) is 0 Å². The van der Waals surface area contributed by atoms with Crippen LogP contribution in [0.15, 0.2) is 85.1 Å². The Balaban J connectivity index is 1.56. The highest BCUT2D eigenvalue weighted by molar-refractivity contribution is 7.98. The molecule has 488 valence electrons. The maximum Gasteiger partial charge on any atom is 0.446 e. The molecule has 0 saturated carbocycles. The van der Waals surface area contributed by atoms with Gasteiger partial charge in [0.05, 0.1) is 38.6 Å². The summed E-state index contributed by atoms with van der Waals surface area (Å²) in [6.45, 7) is -2.95. The number of para-hydroxylation sites is 1. The first kappa shape index (κ1) is 73.5. The Kier molecular flexibility index (Phi) is 30.2. The lowest BCUT2D eigenvalue weighted by Gasteiger charge is -2.29. The van der Waals surface area contributed by atoms with Crippen LogP contribution in [0, 0.1) is 0 Å². The van der Waals surface area contributed by atoms with Crippen LogP contribution in [-0.4, -0.2) is 218 Å². The number of carbonyl (C=O) groups excluding carboxylic acids is 9. The van der Waals surface area contributed by atoms with Gasteiger partial charge in [-0.25, -0.2) is 0 Å². The van der Waals surface area contributed by atoms with Crippen molar-refractivity contribution in [1.29, 1.82) is 0 Å². The number of amides is 8. The molecule has 0 spiro atoms. The summed E-state index contributed by atoms with van der Waals surface area (Å²) in [4.78, 5) is 138. The minimum atomic E-state index is -4.95. The van der Waals surface area contributed by atoms with Crippen LogP contribution in [0.4, 0.5) is 0 Å². The zero-order valence-corrected chi connectivity index (χ0v) is 50.6. The largest absolute Gasteiger partial charge is 0.481 e. The number of hydrogen-bond acceptors (Lipinski definition) is 22. The van der Waals surface area contributed by atoms with Gasteiger partial charge in [-0.3, -0.25) is 52.5 Å². The highest BCUT2D eigenvalue weighted by atomic mass is 32.3. The van der Waals surface area contributed by atoms with Crippen molar-refractivity contribution in [3.05, 3.63) is 102 Å². The van der Waals surface area contributed by atoms with Crippen molar-refractivity contribution >= 4 is 104 Å². The summed E-state index contributed by atoms with van der Waals surface area (Å²) in [7, 11) is -4.95. The lowest BCUT2D eigenvalue weighted by Crippen LogP contribution is -2.59. The summed E-state index contributed by atoms with van der Waals surface area (Å²) in [6, 6.07) is 9.17. The molecule has 0 fully saturated rings. The lowest BCUT2D eigenvalue weighted by molar-refractivity contribution is -0.177. The number of aliphatic hydroxyl groups is 5. The molecule has 34 heteroatoms. The highest BCUT2D eigenvalue weighted by Gasteiger charge is 2.37. The van der Waals surface area contributed by atoms with Crippen LogP contribution >= 0.6 is 23.5 Å². The molecule has 4 rings (SSSR count). The maximum atomic E-state index is 14.4. The van der Waals surface area contributed by atoms with E-state index in [0.29, 0.717) is 22.0 Å². The van der Waals surface area contributed by atoms with E-state index in [-0.39, 0.29) is 48.5 Å². The number of fused-ring (bicyclic) bond motifs is 1. The number of benzene rings is 3. The number of esters is 1. The predicted octanol–water partition coefficient (Wildman–Crippen LogP) is -4.43. The van der Waals surface area contributed by atoms with Gasteiger partial charge in [0.15, 0.2) is 6.10 Å². The molecule has 0 aliphatic rings. The lowest BCUT2D eigenvalue weighted by atomic mass is 10.0. The first-order valence-corrected chi connectivity index (χ1v) is 31.5. The van der Waals surface area contributed by atoms with Gasteiger partial charge in [0, 0.05) is 36.4 Å². The van der Waals surface area contributed by atoms with Gasteiger partial charge in [-0.15, -0.1) is 0 Å². The standard InChI is InChI=1S/C55H74N10O21S3/c1-87-18-16-36(61-53(79)39(21-30-12-14-32(15-13-30)86-89(82,83)84)64-50(76)34(56)23-46(73)85-48(43(69)28-67)47(74)42(68)27-66)51(77)59-26-44(70)60-40(22-31-25-58-35-11-7-6-10-33(31)35)54(80)62-37(17-19-88-2)52(78)65-41(24-45(71)72)55(81)63-38(49(57)75)20-29-8-4-3-5-9-29/h3-15,25,34,36-43,47-48,58,66-69,74H,16-24,26-28,56H2,1-2H3,(H2,57,75)(H,59,77)(H,60,70)(H,61,79)(H,62,80)(H,63,81)(H,64,76)(H,65,78)(H,71,72)(H,82,83,84)/t34-,36-,37-,38-,39-,40-,41-,42-,43+,47+,48+/m0/s1. The van der Waals surface area contributed by atoms with Crippen LogP contribution < -0.4 is 52.9 Å². The smallest absolute Gasteiger partial charge is 0.446 e. The second-order valence-electron chi connectivity index (χ2n) is 20.1. The zero-order valence-electron chi connectivity index (χ0n) is 48.1. The molecule has 1 aromatic heterocycles. The number of aromatic amines is 1. The molecular weight excluding hydrogens is 1230 g/mol. The highest BCUT2D eigenvalue weighted by Crippen LogP contribution is 2.21. The number of carbonyl (C=O) groups is 10. The number of nitrogens with two attached hydrogens (primary N) is 2. The quantitative estimate of drug-likeness (QED) is 0.0148. The van der Waals surface area contributed by atoms with Crippen molar-refractivity contribution in [3.8, 4) is 5.75 Å². The SMILES string of the molecule is CSCC[C@H](NC(=O)[C@H](Cc1ccc(OS(=O)(=O)O)cc1)NC(=O)[C@@H](N)CC(=O)O[C@@H]([C@H](O)[C@@H](O)CO)[C@H](O)CO)C(=O)NCC(=O)N[C@@H](Cc1c[nH]c2ccccc12)C(=O)N[C@@H](CCSC)C(=O)N[C@@H](CC(=O)O)C(=O)N[C@@H](Cc1ccccc1)C(N)=O. The number of H-pyrrole nitrogens is 1. The van der Waals surface area contributed by atoms with Crippen molar-refractivity contribution in [2.45, 2.75) is 112 Å². The van der Waals surface area contributed by atoms with Crippen LogP contribution in [0.5, 0.6) is 5.75 Å². The van der Waals surface area contributed by atoms with Crippen molar-refractivity contribution in [3.63, 3.8) is 0 Å². The Bertz CT molecular complexity index is 3160. The van der Waals surface area contributed by atoms with Crippen molar-refractivity contribution < 1.29 is 100 Å².